The van der Waals surface area contributed by atoms with Gasteiger partial charge in [0.25, 0.3) is 0 Å². The van der Waals surface area contributed by atoms with Crippen molar-refractivity contribution in [3.05, 3.63) is 30.1 Å². The highest BCUT2D eigenvalue weighted by Crippen LogP contribution is 2.29. The summed E-state index contributed by atoms with van der Waals surface area (Å²) in [5, 5.41) is 2.29. The van der Waals surface area contributed by atoms with E-state index >= 15 is 0 Å². The van der Waals surface area contributed by atoms with Crippen molar-refractivity contribution in [1.82, 2.24) is 10.3 Å². The van der Waals surface area contributed by atoms with Gasteiger partial charge in [-0.05, 0) is 19.1 Å². The van der Waals surface area contributed by atoms with Crippen molar-refractivity contribution in [3.8, 4) is 0 Å². The van der Waals surface area contributed by atoms with Crippen LogP contribution in [-0.4, -0.2) is 16.8 Å². The van der Waals surface area contributed by atoms with E-state index in [9.17, 15) is 9.59 Å². The number of rotatable bonds is 1. The summed E-state index contributed by atoms with van der Waals surface area (Å²) in [7, 11) is 0. The fourth-order valence-corrected chi connectivity index (χ4v) is 1.61. The second-order valence-corrected chi connectivity index (χ2v) is 3.60. The van der Waals surface area contributed by atoms with Gasteiger partial charge in [0.2, 0.25) is 11.8 Å². The first kappa shape index (κ1) is 8.87. The summed E-state index contributed by atoms with van der Waals surface area (Å²) in [6, 6.07) is 5.35. The Bertz CT molecular complexity index is 388. The molecule has 1 aromatic rings. The van der Waals surface area contributed by atoms with E-state index in [-0.39, 0.29) is 18.2 Å². The number of nitrogens with one attached hydrogen (secondary N) is 1. The number of aromatic nitrogens is 1. The van der Waals surface area contributed by atoms with Crippen molar-refractivity contribution >= 4 is 11.8 Å². The van der Waals surface area contributed by atoms with E-state index in [4.69, 9.17) is 0 Å². The number of carbonyl (C=O) groups excluding carboxylic acids is 2. The zero-order valence-corrected chi connectivity index (χ0v) is 7.78. The quantitative estimate of drug-likeness (QED) is 0.651. The van der Waals surface area contributed by atoms with Gasteiger partial charge in [0.05, 0.1) is 11.1 Å². The van der Waals surface area contributed by atoms with E-state index in [1.807, 2.05) is 6.07 Å². The second kappa shape index (κ2) is 2.90. The highest BCUT2D eigenvalue weighted by molar-refractivity contribution is 6.08. The van der Waals surface area contributed by atoms with E-state index in [1.54, 1.807) is 25.3 Å². The molecule has 14 heavy (non-hydrogen) atoms. The first-order valence-corrected chi connectivity index (χ1v) is 4.39. The summed E-state index contributed by atoms with van der Waals surface area (Å²) in [5.41, 5.74) is -0.151. The van der Waals surface area contributed by atoms with Crippen LogP contribution in [0.5, 0.6) is 0 Å². The Morgan fingerprint density at radius 1 is 1.43 bits per heavy atom. The predicted octanol–water partition coefficient (Wildman–Crippen LogP) is 0.386. The van der Waals surface area contributed by atoms with Gasteiger partial charge in [-0.15, -0.1) is 0 Å². The van der Waals surface area contributed by atoms with Gasteiger partial charge >= 0.3 is 0 Å². The van der Waals surface area contributed by atoms with Crippen LogP contribution in [0, 0.1) is 0 Å². The third-order valence-electron chi connectivity index (χ3n) is 2.50. The van der Waals surface area contributed by atoms with E-state index < -0.39 is 5.41 Å². The molecule has 2 heterocycles. The molecule has 2 rings (SSSR count). The topological polar surface area (TPSA) is 59.1 Å². The number of nitrogens with zero attached hydrogens (tertiary/aromatic N) is 1. The molecule has 1 N–H and O–H groups in total. The Labute approximate surface area is 81.3 Å². The highest BCUT2D eigenvalue weighted by Gasteiger charge is 2.44. The summed E-state index contributed by atoms with van der Waals surface area (Å²) in [6.07, 6.45) is 1.81. The number of carbonyl (C=O) groups is 2. The van der Waals surface area contributed by atoms with E-state index in [1.165, 1.54) is 0 Å². The molecule has 1 aromatic heterocycles. The van der Waals surface area contributed by atoms with Crippen molar-refractivity contribution in [2.45, 2.75) is 18.8 Å². The Morgan fingerprint density at radius 2 is 2.21 bits per heavy atom. The van der Waals surface area contributed by atoms with Crippen LogP contribution < -0.4 is 5.32 Å². The molecule has 2 amide bonds. The number of imide groups is 1. The van der Waals surface area contributed by atoms with Gasteiger partial charge in [-0.2, -0.15) is 0 Å². The number of hydrogen-bond donors (Lipinski definition) is 1. The molecule has 0 spiro atoms. The smallest absolute Gasteiger partial charge is 0.239 e. The maximum atomic E-state index is 11.5. The molecule has 1 atom stereocenters. The number of hydrogen-bond acceptors (Lipinski definition) is 3. The summed E-state index contributed by atoms with van der Waals surface area (Å²) in [6.45, 7) is 1.73. The molecule has 4 heteroatoms. The Balaban J connectivity index is 2.43. The fourth-order valence-electron chi connectivity index (χ4n) is 1.61. The summed E-state index contributed by atoms with van der Waals surface area (Å²) >= 11 is 0. The van der Waals surface area contributed by atoms with E-state index in [2.05, 4.69) is 10.3 Å². The highest BCUT2D eigenvalue weighted by atomic mass is 16.2. The molecular weight excluding hydrogens is 180 g/mol. The zero-order valence-electron chi connectivity index (χ0n) is 7.78. The lowest BCUT2D eigenvalue weighted by molar-refractivity contribution is -0.126. The van der Waals surface area contributed by atoms with Gasteiger partial charge in [0, 0.05) is 12.6 Å². The minimum absolute atomic E-state index is 0.183. The van der Waals surface area contributed by atoms with Gasteiger partial charge in [-0.25, -0.2) is 0 Å². The maximum absolute atomic E-state index is 11.5. The monoisotopic (exact) mass is 190 g/mol. The Kier molecular flexibility index (Phi) is 1.84. The zero-order chi connectivity index (χ0) is 10.2. The second-order valence-electron chi connectivity index (χ2n) is 3.60. The van der Waals surface area contributed by atoms with Crippen LogP contribution in [0.2, 0.25) is 0 Å². The first-order valence-electron chi connectivity index (χ1n) is 4.39. The van der Waals surface area contributed by atoms with Gasteiger partial charge in [-0.3, -0.25) is 19.9 Å². The summed E-state index contributed by atoms with van der Waals surface area (Å²) < 4.78 is 0. The normalized spacial score (nSPS) is 26.4. The third kappa shape index (κ3) is 1.19. The lowest BCUT2D eigenvalue weighted by atomic mass is 9.85. The molecule has 0 saturated carbocycles. The molecule has 0 radical (unpaired) electrons. The van der Waals surface area contributed by atoms with Gasteiger partial charge in [-0.1, -0.05) is 6.07 Å². The van der Waals surface area contributed by atoms with Crippen LogP contribution in [0.4, 0.5) is 0 Å². The molecule has 4 nitrogen and oxygen atoms in total. The Morgan fingerprint density at radius 3 is 2.71 bits per heavy atom. The van der Waals surface area contributed by atoms with Gasteiger partial charge < -0.3 is 0 Å². The van der Waals surface area contributed by atoms with Crippen LogP contribution in [0.15, 0.2) is 24.4 Å². The summed E-state index contributed by atoms with van der Waals surface area (Å²) in [5.74, 6) is -0.496. The minimum atomic E-state index is -0.793. The average Bonchev–Trinajstić information content (AvgIpc) is 2.43. The molecule has 1 saturated heterocycles. The van der Waals surface area contributed by atoms with Crippen LogP contribution in [0.1, 0.15) is 19.0 Å². The van der Waals surface area contributed by atoms with Crippen molar-refractivity contribution in [2.24, 2.45) is 0 Å². The largest absolute Gasteiger partial charge is 0.296 e. The molecule has 1 aliphatic heterocycles. The molecule has 1 fully saturated rings. The van der Waals surface area contributed by atoms with Gasteiger partial charge in [0.1, 0.15) is 0 Å². The first-order chi connectivity index (χ1) is 6.63. The van der Waals surface area contributed by atoms with Gasteiger partial charge in [0.15, 0.2) is 0 Å². The van der Waals surface area contributed by atoms with Crippen LogP contribution in [-0.2, 0) is 15.0 Å². The van der Waals surface area contributed by atoms with Crippen molar-refractivity contribution in [2.75, 3.05) is 0 Å². The molecule has 0 aliphatic carbocycles. The molecule has 72 valence electrons. The minimum Gasteiger partial charge on any atom is -0.296 e. The molecular formula is C10H10N2O2. The van der Waals surface area contributed by atoms with Crippen LogP contribution in [0.3, 0.4) is 0 Å². The van der Waals surface area contributed by atoms with E-state index in [0.717, 1.165) is 0 Å². The fraction of sp³-hybridized carbons (Fsp3) is 0.300. The molecule has 0 bridgehead atoms. The number of pyridine rings is 1. The Hall–Kier alpha value is -1.71. The summed E-state index contributed by atoms with van der Waals surface area (Å²) in [4.78, 5) is 26.7. The van der Waals surface area contributed by atoms with Crippen molar-refractivity contribution in [1.29, 1.82) is 0 Å². The molecule has 1 aliphatic rings. The number of amides is 2. The van der Waals surface area contributed by atoms with Crippen LogP contribution >= 0.6 is 0 Å². The van der Waals surface area contributed by atoms with Crippen molar-refractivity contribution in [3.63, 3.8) is 0 Å². The van der Waals surface area contributed by atoms with Crippen LogP contribution in [0.25, 0.3) is 0 Å². The lowest BCUT2D eigenvalue weighted by Gasteiger charge is -2.17. The molecule has 0 aromatic carbocycles. The SMILES string of the molecule is CC1(c2ccccn2)CC(=O)NC1=O. The maximum Gasteiger partial charge on any atom is 0.239 e. The average molecular weight is 190 g/mol. The van der Waals surface area contributed by atoms with Crippen molar-refractivity contribution < 1.29 is 9.59 Å². The lowest BCUT2D eigenvalue weighted by Crippen LogP contribution is -2.33. The predicted molar refractivity (Wildman–Crippen MR) is 49.4 cm³/mol. The van der Waals surface area contributed by atoms with E-state index in [0.29, 0.717) is 5.69 Å². The molecule has 1 unspecified atom stereocenters. The standard InChI is InChI=1S/C10H10N2O2/c1-10(6-8(13)12-9(10)14)7-4-2-3-5-11-7/h2-5H,6H2,1H3,(H,12,13,14). The third-order valence-corrected chi connectivity index (χ3v) is 2.50.